The molecule has 0 atom stereocenters. The molecule has 1 aromatic carbocycles. The van der Waals surface area contributed by atoms with Crippen molar-refractivity contribution in [2.75, 3.05) is 13.1 Å². The molecule has 0 N–H and O–H groups in total. The average Bonchev–Trinajstić information content (AvgIpc) is 3.01. The van der Waals surface area contributed by atoms with Crippen molar-refractivity contribution < 1.29 is 9.72 Å². The molecule has 2 heterocycles. The lowest BCUT2D eigenvalue weighted by atomic mass is 9.95. The highest BCUT2D eigenvalue weighted by Gasteiger charge is 2.26. The molecule has 1 aliphatic rings. The minimum absolute atomic E-state index is 0.0377. The van der Waals surface area contributed by atoms with Gasteiger partial charge in [0.05, 0.1) is 11.3 Å². The highest BCUT2D eigenvalue weighted by Crippen LogP contribution is 2.26. The molecule has 8 nitrogen and oxygen atoms in total. The SMILES string of the molecule is Cn1cnnc1C1CCN(C(=O)Cc2ccc([N+](=O)[O-])cc2)CC1. The van der Waals surface area contributed by atoms with Crippen LogP contribution in [-0.2, 0) is 18.3 Å². The first-order valence-electron chi connectivity index (χ1n) is 7.89. The lowest BCUT2D eigenvalue weighted by Crippen LogP contribution is -2.39. The monoisotopic (exact) mass is 329 g/mol. The summed E-state index contributed by atoms with van der Waals surface area (Å²) in [5.74, 6) is 1.36. The summed E-state index contributed by atoms with van der Waals surface area (Å²) in [6.45, 7) is 1.40. The zero-order chi connectivity index (χ0) is 17.1. The summed E-state index contributed by atoms with van der Waals surface area (Å²) in [6, 6.07) is 6.15. The van der Waals surface area contributed by atoms with Gasteiger partial charge in [-0.1, -0.05) is 12.1 Å². The largest absolute Gasteiger partial charge is 0.342 e. The average molecular weight is 329 g/mol. The van der Waals surface area contributed by atoms with Crippen molar-refractivity contribution >= 4 is 11.6 Å². The molecule has 1 aromatic heterocycles. The fourth-order valence-corrected chi connectivity index (χ4v) is 3.07. The number of nitro benzene ring substituents is 1. The molecule has 1 saturated heterocycles. The Bertz CT molecular complexity index is 732. The Morgan fingerprint density at radius 1 is 1.29 bits per heavy atom. The van der Waals surface area contributed by atoms with E-state index in [0.717, 1.165) is 24.2 Å². The number of nitro groups is 1. The molecule has 0 spiro atoms. The second kappa shape index (κ2) is 6.77. The molecular weight excluding hydrogens is 310 g/mol. The first kappa shape index (κ1) is 16.1. The Balaban J connectivity index is 1.55. The summed E-state index contributed by atoms with van der Waals surface area (Å²) in [7, 11) is 1.93. The number of piperidine rings is 1. The van der Waals surface area contributed by atoms with E-state index >= 15 is 0 Å². The molecule has 2 aromatic rings. The Morgan fingerprint density at radius 2 is 1.96 bits per heavy atom. The molecule has 1 aliphatic heterocycles. The van der Waals surface area contributed by atoms with E-state index in [2.05, 4.69) is 10.2 Å². The topological polar surface area (TPSA) is 94.2 Å². The van der Waals surface area contributed by atoms with Gasteiger partial charge in [-0.3, -0.25) is 14.9 Å². The van der Waals surface area contributed by atoms with Crippen molar-refractivity contribution in [3.05, 3.63) is 52.1 Å². The molecule has 126 valence electrons. The van der Waals surface area contributed by atoms with Gasteiger partial charge in [0.1, 0.15) is 12.2 Å². The first-order chi connectivity index (χ1) is 11.5. The van der Waals surface area contributed by atoms with Gasteiger partial charge >= 0.3 is 0 Å². The summed E-state index contributed by atoms with van der Waals surface area (Å²) in [6.07, 6.45) is 3.71. The zero-order valence-electron chi connectivity index (χ0n) is 13.5. The van der Waals surface area contributed by atoms with Crippen LogP contribution in [0.3, 0.4) is 0 Å². The predicted octanol–water partition coefficient (Wildman–Crippen LogP) is 1.67. The van der Waals surface area contributed by atoms with Crippen molar-refractivity contribution in [3.8, 4) is 0 Å². The second-order valence-corrected chi connectivity index (χ2v) is 6.06. The van der Waals surface area contributed by atoms with Crippen LogP contribution in [0.15, 0.2) is 30.6 Å². The molecule has 0 unspecified atom stereocenters. The summed E-state index contributed by atoms with van der Waals surface area (Å²) >= 11 is 0. The third-order valence-corrected chi connectivity index (χ3v) is 4.46. The summed E-state index contributed by atoms with van der Waals surface area (Å²) in [5.41, 5.74) is 0.830. The number of aromatic nitrogens is 3. The van der Waals surface area contributed by atoms with Crippen molar-refractivity contribution in [1.29, 1.82) is 0 Å². The Labute approximate surface area is 139 Å². The van der Waals surface area contributed by atoms with Gasteiger partial charge in [0.15, 0.2) is 0 Å². The van der Waals surface area contributed by atoms with Gasteiger partial charge < -0.3 is 9.47 Å². The van der Waals surface area contributed by atoms with Gasteiger partial charge in [-0.25, -0.2) is 0 Å². The minimum atomic E-state index is -0.442. The molecule has 0 bridgehead atoms. The Morgan fingerprint density at radius 3 is 2.50 bits per heavy atom. The van der Waals surface area contributed by atoms with E-state index in [1.807, 2.05) is 16.5 Å². The summed E-state index contributed by atoms with van der Waals surface area (Å²) in [5, 5.41) is 18.7. The van der Waals surface area contributed by atoms with Crippen molar-refractivity contribution in [1.82, 2.24) is 19.7 Å². The first-order valence-corrected chi connectivity index (χ1v) is 7.89. The maximum Gasteiger partial charge on any atom is 0.269 e. The molecule has 8 heteroatoms. The number of rotatable bonds is 4. The van der Waals surface area contributed by atoms with Gasteiger partial charge in [-0.2, -0.15) is 0 Å². The Hall–Kier alpha value is -2.77. The predicted molar refractivity (Wildman–Crippen MR) is 86.4 cm³/mol. The molecule has 24 heavy (non-hydrogen) atoms. The maximum atomic E-state index is 12.4. The van der Waals surface area contributed by atoms with Gasteiger partial charge in [-0.05, 0) is 18.4 Å². The lowest BCUT2D eigenvalue weighted by molar-refractivity contribution is -0.384. The van der Waals surface area contributed by atoms with Crippen LogP contribution in [-0.4, -0.2) is 43.6 Å². The van der Waals surface area contributed by atoms with Crippen molar-refractivity contribution in [2.45, 2.75) is 25.2 Å². The third-order valence-electron chi connectivity index (χ3n) is 4.46. The highest BCUT2D eigenvalue weighted by molar-refractivity contribution is 5.79. The molecule has 3 rings (SSSR count). The fourth-order valence-electron chi connectivity index (χ4n) is 3.07. The lowest BCUT2D eigenvalue weighted by Gasteiger charge is -2.31. The smallest absolute Gasteiger partial charge is 0.269 e. The quantitative estimate of drug-likeness (QED) is 0.628. The number of carbonyl (C=O) groups excluding carboxylic acids is 1. The zero-order valence-corrected chi connectivity index (χ0v) is 13.5. The molecule has 1 fully saturated rings. The van der Waals surface area contributed by atoms with Crippen LogP contribution in [0.4, 0.5) is 5.69 Å². The number of benzene rings is 1. The van der Waals surface area contributed by atoms with E-state index in [0.29, 0.717) is 19.0 Å². The van der Waals surface area contributed by atoms with Crippen LogP contribution in [0.25, 0.3) is 0 Å². The molecule has 0 saturated carbocycles. The van der Waals surface area contributed by atoms with Crippen LogP contribution in [0.1, 0.15) is 30.1 Å². The maximum absolute atomic E-state index is 12.4. The van der Waals surface area contributed by atoms with Crippen LogP contribution in [0, 0.1) is 10.1 Å². The minimum Gasteiger partial charge on any atom is -0.342 e. The standard InChI is InChI=1S/C16H19N5O3/c1-19-11-17-18-16(19)13-6-8-20(9-7-13)15(22)10-12-2-4-14(5-3-12)21(23)24/h2-5,11,13H,6-10H2,1H3. The highest BCUT2D eigenvalue weighted by atomic mass is 16.6. The van der Waals surface area contributed by atoms with E-state index in [1.165, 1.54) is 12.1 Å². The summed E-state index contributed by atoms with van der Waals surface area (Å²) < 4.78 is 1.93. The van der Waals surface area contributed by atoms with Crippen LogP contribution >= 0.6 is 0 Å². The van der Waals surface area contributed by atoms with E-state index < -0.39 is 4.92 Å². The molecule has 0 radical (unpaired) electrons. The number of nitrogens with zero attached hydrogens (tertiary/aromatic N) is 5. The van der Waals surface area contributed by atoms with Gasteiger partial charge in [0.2, 0.25) is 5.91 Å². The normalized spacial score (nSPS) is 15.5. The number of carbonyl (C=O) groups is 1. The van der Waals surface area contributed by atoms with Crippen LogP contribution in [0.2, 0.25) is 0 Å². The number of likely N-dealkylation sites (tertiary alicyclic amines) is 1. The fraction of sp³-hybridized carbons (Fsp3) is 0.438. The second-order valence-electron chi connectivity index (χ2n) is 6.06. The molecule has 1 amide bonds. The van der Waals surface area contributed by atoms with Gasteiger partial charge in [0, 0.05) is 38.2 Å². The number of non-ortho nitro benzene ring substituents is 1. The number of amides is 1. The number of hydrogen-bond acceptors (Lipinski definition) is 5. The number of hydrogen-bond donors (Lipinski definition) is 0. The van der Waals surface area contributed by atoms with Crippen molar-refractivity contribution in [3.63, 3.8) is 0 Å². The third kappa shape index (κ3) is 3.42. The van der Waals surface area contributed by atoms with Gasteiger partial charge in [-0.15, -0.1) is 10.2 Å². The van der Waals surface area contributed by atoms with Gasteiger partial charge in [0.25, 0.3) is 5.69 Å². The number of aryl methyl sites for hydroxylation is 1. The van der Waals surface area contributed by atoms with Crippen LogP contribution in [0.5, 0.6) is 0 Å². The van der Waals surface area contributed by atoms with Crippen LogP contribution < -0.4 is 0 Å². The van der Waals surface area contributed by atoms with E-state index in [-0.39, 0.29) is 18.0 Å². The Kier molecular flexibility index (Phi) is 4.54. The van der Waals surface area contributed by atoms with Crippen molar-refractivity contribution in [2.24, 2.45) is 7.05 Å². The molecule has 0 aliphatic carbocycles. The van der Waals surface area contributed by atoms with E-state index in [9.17, 15) is 14.9 Å². The molecular formula is C16H19N5O3. The summed E-state index contributed by atoms with van der Waals surface area (Å²) in [4.78, 5) is 24.5. The van der Waals surface area contributed by atoms with E-state index in [4.69, 9.17) is 0 Å². The van der Waals surface area contributed by atoms with E-state index in [1.54, 1.807) is 18.5 Å².